The fraction of sp³-hybridized carbons (Fsp3) is 0.923. The van der Waals surface area contributed by atoms with Crippen molar-refractivity contribution in [2.75, 3.05) is 19.3 Å². The summed E-state index contributed by atoms with van der Waals surface area (Å²) < 4.78 is 0. The second-order valence-electron chi connectivity index (χ2n) is 5.43. The van der Waals surface area contributed by atoms with Crippen LogP contribution in [0.1, 0.15) is 38.5 Å². The Morgan fingerprint density at radius 2 is 1.89 bits per heavy atom. The largest absolute Gasteiger partial charge is 0.351 e. The van der Waals surface area contributed by atoms with E-state index in [1.165, 1.54) is 25.7 Å². The Morgan fingerprint density at radius 3 is 2.50 bits per heavy atom. The third-order valence-electron chi connectivity index (χ3n) is 4.26. The lowest BCUT2D eigenvalue weighted by Gasteiger charge is -2.37. The first-order valence-electron chi connectivity index (χ1n) is 7.04. The number of rotatable bonds is 3. The van der Waals surface area contributed by atoms with E-state index in [2.05, 4.69) is 11.6 Å². The highest BCUT2D eigenvalue weighted by atomic mass is 32.2. The van der Waals surface area contributed by atoms with Gasteiger partial charge in [0.1, 0.15) is 0 Å². The van der Waals surface area contributed by atoms with Crippen LogP contribution >= 0.6 is 11.8 Å². The molecule has 4 nitrogen and oxygen atoms in total. The number of nitrogens with zero attached hydrogens (tertiary/aromatic N) is 1. The molecule has 1 aliphatic heterocycles. The molecule has 0 spiro atoms. The zero-order valence-corrected chi connectivity index (χ0v) is 12.0. The number of amides is 2. The van der Waals surface area contributed by atoms with Crippen LogP contribution in [0.4, 0.5) is 4.79 Å². The Kier molecular flexibility index (Phi) is 5.18. The second-order valence-corrected chi connectivity index (χ2v) is 6.51. The van der Waals surface area contributed by atoms with Crippen LogP contribution in [-0.4, -0.2) is 47.6 Å². The first-order valence-corrected chi connectivity index (χ1v) is 8.32. The molecule has 0 aromatic carbocycles. The Balaban J connectivity index is 1.78. The van der Waals surface area contributed by atoms with E-state index in [0.29, 0.717) is 12.1 Å². The maximum absolute atomic E-state index is 11.1. The number of thioether (sulfide) groups is 1. The quantitative estimate of drug-likeness (QED) is 0.823. The van der Waals surface area contributed by atoms with Gasteiger partial charge in [-0.3, -0.25) is 0 Å². The van der Waals surface area contributed by atoms with Crippen molar-refractivity contribution in [1.29, 1.82) is 0 Å². The van der Waals surface area contributed by atoms with Crippen molar-refractivity contribution in [2.24, 2.45) is 5.73 Å². The number of urea groups is 1. The van der Waals surface area contributed by atoms with Gasteiger partial charge in [0, 0.05) is 30.4 Å². The van der Waals surface area contributed by atoms with E-state index in [1.807, 2.05) is 11.8 Å². The van der Waals surface area contributed by atoms with Gasteiger partial charge in [-0.05, 0) is 31.9 Å². The monoisotopic (exact) mass is 271 g/mol. The molecule has 2 amide bonds. The molecule has 2 unspecified atom stereocenters. The molecule has 2 aliphatic rings. The zero-order valence-electron chi connectivity index (χ0n) is 11.2. The number of carbonyl (C=O) groups excluding carboxylic acids is 1. The van der Waals surface area contributed by atoms with Crippen LogP contribution in [-0.2, 0) is 0 Å². The van der Waals surface area contributed by atoms with Gasteiger partial charge in [0.2, 0.25) is 0 Å². The van der Waals surface area contributed by atoms with E-state index in [9.17, 15) is 4.79 Å². The van der Waals surface area contributed by atoms with E-state index >= 15 is 0 Å². The van der Waals surface area contributed by atoms with Crippen molar-refractivity contribution in [3.05, 3.63) is 0 Å². The van der Waals surface area contributed by atoms with Crippen LogP contribution < -0.4 is 11.1 Å². The molecule has 104 valence electrons. The zero-order chi connectivity index (χ0) is 13.0. The van der Waals surface area contributed by atoms with Crippen LogP contribution in [0, 0.1) is 0 Å². The summed E-state index contributed by atoms with van der Waals surface area (Å²) in [7, 11) is 0. The van der Waals surface area contributed by atoms with Crippen molar-refractivity contribution in [2.45, 2.75) is 55.9 Å². The van der Waals surface area contributed by atoms with Crippen LogP contribution in [0.5, 0.6) is 0 Å². The molecule has 2 fully saturated rings. The maximum Gasteiger partial charge on any atom is 0.314 e. The van der Waals surface area contributed by atoms with Gasteiger partial charge in [-0.15, -0.1) is 0 Å². The number of primary amides is 1. The minimum absolute atomic E-state index is 0.270. The van der Waals surface area contributed by atoms with Gasteiger partial charge in [0.15, 0.2) is 0 Å². The van der Waals surface area contributed by atoms with Gasteiger partial charge in [0.25, 0.3) is 0 Å². The highest BCUT2D eigenvalue weighted by molar-refractivity contribution is 7.99. The number of likely N-dealkylation sites (tertiary alicyclic amines) is 1. The lowest BCUT2D eigenvalue weighted by atomic mass is 9.93. The third-order valence-corrected chi connectivity index (χ3v) is 5.43. The molecule has 5 heteroatoms. The predicted molar refractivity (Wildman–Crippen MR) is 76.9 cm³/mol. The average Bonchev–Trinajstić information content (AvgIpc) is 2.40. The topological polar surface area (TPSA) is 58.4 Å². The summed E-state index contributed by atoms with van der Waals surface area (Å²) in [6.07, 6.45) is 9.70. The van der Waals surface area contributed by atoms with Gasteiger partial charge in [-0.25, -0.2) is 4.79 Å². The molecule has 0 aromatic rings. The second kappa shape index (κ2) is 6.66. The smallest absolute Gasteiger partial charge is 0.314 e. The molecule has 0 aromatic heterocycles. The molecule has 2 rings (SSSR count). The summed E-state index contributed by atoms with van der Waals surface area (Å²) in [4.78, 5) is 12.8. The van der Waals surface area contributed by atoms with Crippen LogP contribution in [0.2, 0.25) is 0 Å². The number of nitrogens with one attached hydrogen (secondary N) is 1. The maximum atomic E-state index is 11.1. The fourth-order valence-electron chi connectivity index (χ4n) is 3.14. The van der Waals surface area contributed by atoms with Crippen LogP contribution in [0.3, 0.4) is 0 Å². The standard InChI is InChI=1S/C13H25N3OS/c1-18-12-5-3-2-4-11(12)15-10-6-8-16(9-7-10)13(14)17/h10-12,15H,2-9H2,1H3,(H2,14,17). The molecule has 1 saturated heterocycles. The van der Waals surface area contributed by atoms with Crippen LogP contribution in [0.25, 0.3) is 0 Å². The van der Waals surface area contributed by atoms with Gasteiger partial charge in [0.05, 0.1) is 0 Å². The van der Waals surface area contributed by atoms with E-state index in [0.717, 1.165) is 31.2 Å². The van der Waals surface area contributed by atoms with Gasteiger partial charge in [-0.2, -0.15) is 11.8 Å². The number of hydrogen-bond donors (Lipinski definition) is 2. The first kappa shape index (κ1) is 14.0. The Morgan fingerprint density at radius 1 is 1.22 bits per heavy atom. The summed E-state index contributed by atoms with van der Waals surface area (Å²) in [6, 6.07) is 0.963. The first-order chi connectivity index (χ1) is 8.70. The van der Waals surface area contributed by atoms with Crippen molar-refractivity contribution >= 4 is 17.8 Å². The summed E-state index contributed by atoms with van der Waals surface area (Å²) in [5, 5.41) is 4.59. The highest BCUT2D eigenvalue weighted by Crippen LogP contribution is 2.28. The van der Waals surface area contributed by atoms with Gasteiger partial charge >= 0.3 is 6.03 Å². The lowest BCUT2D eigenvalue weighted by Crippen LogP contribution is -2.51. The molecule has 3 N–H and O–H groups in total. The summed E-state index contributed by atoms with van der Waals surface area (Å²) in [5.74, 6) is 0. The average molecular weight is 271 g/mol. The van der Waals surface area contributed by atoms with Gasteiger partial charge in [-0.1, -0.05) is 12.8 Å². The minimum Gasteiger partial charge on any atom is -0.351 e. The number of hydrogen-bond acceptors (Lipinski definition) is 3. The molecule has 18 heavy (non-hydrogen) atoms. The molecule has 1 saturated carbocycles. The SMILES string of the molecule is CSC1CCCCC1NC1CCN(C(N)=O)CC1. The Bertz CT molecular complexity index is 279. The highest BCUT2D eigenvalue weighted by Gasteiger charge is 2.28. The van der Waals surface area contributed by atoms with Crippen molar-refractivity contribution in [1.82, 2.24) is 10.2 Å². The Labute approximate surface area is 114 Å². The van der Waals surface area contributed by atoms with Gasteiger partial charge < -0.3 is 16.0 Å². The normalized spacial score (nSPS) is 30.4. The third kappa shape index (κ3) is 3.54. The minimum atomic E-state index is -0.270. The van der Waals surface area contributed by atoms with E-state index in [4.69, 9.17) is 5.73 Å². The lowest BCUT2D eigenvalue weighted by molar-refractivity contribution is 0.180. The Hall–Kier alpha value is -0.420. The fourth-order valence-corrected chi connectivity index (χ4v) is 4.08. The molecule has 2 atom stereocenters. The number of piperidine rings is 1. The number of carbonyl (C=O) groups is 1. The summed E-state index contributed by atoms with van der Waals surface area (Å²) in [6.45, 7) is 1.62. The van der Waals surface area contributed by atoms with Crippen molar-refractivity contribution in [3.63, 3.8) is 0 Å². The van der Waals surface area contributed by atoms with Crippen molar-refractivity contribution < 1.29 is 4.79 Å². The molecule has 0 bridgehead atoms. The predicted octanol–water partition coefficient (Wildman–Crippen LogP) is 1.79. The molecule has 1 heterocycles. The summed E-state index contributed by atoms with van der Waals surface area (Å²) in [5.41, 5.74) is 5.30. The molecular weight excluding hydrogens is 246 g/mol. The molecule has 1 aliphatic carbocycles. The summed E-state index contributed by atoms with van der Waals surface area (Å²) >= 11 is 2.00. The molecule has 0 radical (unpaired) electrons. The molecular formula is C13H25N3OS. The van der Waals surface area contributed by atoms with E-state index < -0.39 is 0 Å². The van der Waals surface area contributed by atoms with Crippen molar-refractivity contribution in [3.8, 4) is 0 Å². The van der Waals surface area contributed by atoms with E-state index in [-0.39, 0.29) is 6.03 Å². The number of nitrogens with two attached hydrogens (primary N) is 1. The van der Waals surface area contributed by atoms with E-state index in [1.54, 1.807) is 4.90 Å². The van der Waals surface area contributed by atoms with Crippen LogP contribution in [0.15, 0.2) is 0 Å².